The van der Waals surface area contributed by atoms with Gasteiger partial charge in [0.25, 0.3) is 0 Å². The second kappa shape index (κ2) is 10.9. The molecule has 0 saturated carbocycles. The molecule has 1 atom stereocenters. The van der Waals surface area contributed by atoms with Crippen LogP contribution >= 0.6 is 23.2 Å². The average Bonchev–Trinajstić information content (AvgIpc) is 2.93. The minimum absolute atomic E-state index is 0. The molecule has 1 unspecified atom stereocenters. The number of imidazole rings is 1. The summed E-state index contributed by atoms with van der Waals surface area (Å²) in [5, 5.41) is 11.5. The zero-order valence-electron chi connectivity index (χ0n) is 16.3. The molecule has 3 N–H and O–H groups in total. The third-order valence-corrected chi connectivity index (χ3v) is 5.25. The van der Waals surface area contributed by atoms with Crippen LogP contribution in [-0.4, -0.2) is 22.4 Å². The van der Waals surface area contributed by atoms with Gasteiger partial charge in [-0.1, -0.05) is 55.1 Å². The van der Waals surface area contributed by atoms with E-state index in [0.29, 0.717) is 28.3 Å². The van der Waals surface area contributed by atoms with E-state index in [1.54, 1.807) is 18.2 Å². The van der Waals surface area contributed by atoms with Crippen molar-refractivity contribution in [3.05, 3.63) is 52.5 Å². The molecule has 1 heterocycles. The van der Waals surface area contributed by atoms with Gasteiger partial charge in [-0.25, -0.2) is 9.13 Å². The zero-order valence-corrected chi connectivity index (χ0v) is 18.6. The van der Waals surface area contributed by atoms with Crippen molar-refractivity contribution in [1.82, 2.24) is 4.57 Å². The van der Waals surface area contributed by atoms with E-state index in [2.05, 4.69) is 17.6 Å². The van der Waals surface area contributed by atoms with Gasteiger partial charge in [-0.05, 0) is 36.8 Å². The third-order valence-electron chi connectivity index (χ3n) is 4.72. The molecule has 0 saturated heterocycles. The smallest absolute Gasteiger partial charge is 0.356 e. The summed E-state index contributed by atoms with van der Waals surface area (Å²) in [4.78, 5) is 0. The first-order chi connectivity index (χ1) is 13.5. The van der Waals surface area contributed by atoms with E-state index in [0.717, 1.165) is 36.8 Å². The number of halogens is 3. The standard InChI is InChI=1S/C21H25Cl2N3O2.ClH/c1-2-3-6-11-25-18-7-4-5-8-19(18)26(21(25)24)13-16(27)14-28-20-10-9-15(22)12-17(20)23;/h4-5,7-10,12,16,24,27H,2-3,6,11,13-14H2,1H3;1H. The van der Waals surface area contributed by atoms with Crippen molar-refractivity contribution in [1.29, 1.82) is 0 Å². The van der Waals surface area contributed by atoms with Crippen LogP contribution in [0.1, 0.15) is 26.2 Å². The minimum atomic E-state index is -0.742. The van der Waals surface area contributed by atoms with Crippen LogP contribution in [0.15, 0.2) is 42.5 Å². The number of aromatic nitrogens is 2. The fourth-order valence-electron chi connectivity index (χ4n) is 3.30. The lowest BCUT2D eigenvalue weighted by Gasteiger charge is -2.13. The van der Waals surface area contributed by atoms with E-state index in [1.807, 2.05) is 22.8 Å². The lowest BCUT2D eigenvalue weighted by molar-refractivity contribution is -0.665. The summed E-state index contributed by atoms with van der Waals surface area (Å²) in [7, 11) is 0. The number of nitrogens with two attached hydrogens (primary N) is 1. The van der Waals surface area contributed by atoms with Gasteiger partial charge in [-0.3, -0.25) is 5.73 Å². The summed E-state index contributed by atoms with van der Waals surface area (Å²) in [6.07, 6.45) is 2.64. The number of aliphatic hydroxyl groups is 1. The number of fused-ring (bicyclic) bond motifs is 1. The molecule has 29 heavy (non-hydrogen) atoms. The Balaban J connectivity index is 0.00000300. The fourth-order valence-corrected chi connectivity index (χ4v) is 3.76. The van der Waals surface area contributed by atoms with Crippen LogP contribution < -0.4 is 27.4 Å². The second-order valence-electron chi connectivity index (χ2n) is 6.86. The summed E-state index contributed by atoms with van der Waals surface area (Å²) in [6.45, 7) is 3.47. The maximum atomic E-state index is 10.5. The Morgan fingerprint density at radius 1 is 1.17 bits per heavy atom. The number of nitrogen functional groups attached to an aromatic ring is 1. The largest absolute Gasteiger partial charge is 1.00 e. The summed E-state index contributed by atoms with van der Waals surface area (Å²) in [5.41, 5.74) is 8.51. The Hall–Kier alpha value is -1.66. The quantitative estimate of drug-likeness (QED) is 0.377. The van der Waals surface area contributed by atoms with Crippen LogP contribution in [0.25, 0.3) is 11.0 Å². The van der Waals surface area contributed by atoms with Crippen LogP contribution in [-0.2, 0) is 13.1 Å². The molecule has 0 aliphatic carbocycles. The Morgan fingerprint density at radius 2 is 1.93 bits per heavy atom. The first-order valence-corrected chi connectivity index (χ1v) is 10.3. The average molecular weight is 459 g/mol. The molecule has 3 rings (SSSR count). The van der Waals surface area contributed by atoms with Gasteiger partial charge in [0, 0.05) is 5.02 Å². The maximum absolute atomic E-state index is 10.5. The van der Waals surface area contributed by atoms with E-state index in [-0.39, 0.29) is 19.0 Å². The highest BCUT2D eigenvalue weighted by atomic mass is 35.5. The summed E-state index contributed by atoms with van der Waals surface area (Å²) in [5.74, 6) is 1.13. The highest BCUT2D eigenvalue weighted by molar-refractivity contribution is 6.35. The van der Waals surface area contributed by atoms with E-state index < -0.39 is 6.10 Å². The van der Waals surface area contributed by atoms with Gasteiger partial charge in [0.05, 0.1) is 11.6 Å². The van der Waals surface area contributed by atoms with Gasteiger partial charge in [-0.2, -0.15) is 0 Å². The number of hydrogen-bond donors (Lipinski definition) is 2. The monoisotopic (exact) mass is 457 g/mol. The fraction of sp³-hybridized carbons (Fsp3) is 0.381. The topological polar surface area (TPSA) is 64.3 Å². The number of aryl methyl sites for hydroxylation is 1. The predicted molar refractivity (Wildman–Crippen MR) is 114 cm³/mol. The molecule has 5 nitrogen and oxygen atoms in total. The van der Waals surface area contributed by atoms with Gasteiger partial charge in [0.2, 0.25) is 0 Å². The van der Waals surface area contributed by atoms with Gasteiger partial charge in [0.15, 0.2) is 0 Å². The zero-order chi connectivity index (χ0) is 20.1. The Morgan fingerprint density at radius 3 is 2.66 bits per heavy atom. The van der Waals surface area contributed by atoms with Crippen molar-refractivity contribution in [2.45, 2.75) is 45.4 Å². The van der Waals surface area contributed by atoms with Crippen LogP contribution in [0.5, 0.6) is 5.75 Å². The van der Waals surface area contributed by atoms with Crippen molar-refractivity contribution in [3.63, 3.8) is 0 Å². The van der Waals surface area contributed by atoms with Gasteiger partial charge >= 0.3 is 5.95 Å². The Kier molecular flexibility index (Phi) is 8.90. The molecular weight excluding hydrogens is 433 g/mol. The van der Waals surface area contributed by atoms with Crippen molar-refractivity contribution < 1.29 is 26.8 Å². The number of anilines is 1. The molecule has 0 radical (unpaired) electrons. The molecule has 158 valence electrons. The first-order valence-electron chi connectivity index (χ1n) is 9.53. The van der Waals surface area contributed by atoms with Crippen LogP contribution in [0.4, 0.5) is 5.95 Å². The number of ether oxygens (including phenoxy) is 1. The molecule has 2 aromatic carbocycles. The van der Waals surface area contributed by atoms with Crippen molar-refractivity contribution >= 4 is 40.2 Å². The molecule has 0 bridgehead atoms. The maximum Gasteiger partial charge on any atom is 0.356 e. The summed E-state index contributed by atoms with van der Waals surface area (Å²) < 4.78 is 9.73. The highest BCUT2D eigenvalue weighted by Crippen LogP contribution is 2.27. The molecule has 1 aromatic heterocycles. The van der Waals surface area contributed by atoms with Crippen molar-refractivity contribution in [3.8, 4) is 5.75 Å². The first kappa shape index (κ1) is 23.6. The van der Waals surface area contributed by atoms with Crippen LogP contribution in [0.2, 0.25) is 10.0 Å². The van der Waals surface area contributed by atoms with E-state index in [4.69, 9.17) is 33.7 Å². The van der Waals surface area contributed by atoms with E-state index in [9.17, 15) is 5.11 Å². The molecule has 8 heteroatoms. The number of aliphatic hydroxyl groups excluding tert-OH is 1. The van der Waals surface area contributed by atoms with Crippen LogP contribution in [0.3, 0.4) is 0 Å². The van der Waals surface area contributed by atoms with Gasteiger partial charge in [-0.15, -0.1) is 0 Å². The van der Waals surface area contributed by atoms with E-state index in [1.165, 1.54) is 0 Å². The van der Waals surface area contributed by atoms with E-state index >= 15 is 0 Å². The van der Waals surface area contributed by atoms with Gasteiger partial charge < -0.3 is 22.3 Å². The molecule has 3 aromatic rings. The van der Waals surface area contributed by atoms with Crippen LogP contribution in [0, 0.1) is 0 Å². The minimum Gasteiger partial charge on any atom is -1.00 e. The normalized spacial score (nSPS) is 12.0. The number of para-hydroxylation sites is 2. The molecular formula is C21H26Cl3N3O2. The molecule has 0 aliphatic heterocycles. The number of nitrogens with zero attached hydrogens (tertiary/aromatic N) is 2. The molecule has 0 fully saturated rings. The summed E-state index contributed by atoms with van der Waals surface area (Å²) >= 11 is 12.0. The molecule has 0 aliphatic rings. The summed E-state index contributed by atoms with van der Waals surface area (Å²) in [6, 6.07) is 13.1. The third kappa shape index (κ3) is 5.70. The lowest BCUT2D eigenvalue weighted by atomic mass is 10.2. The number of unbranched alkanes of at least 4 members (excludes halogenated alkanes) is 2. The number of hydrogen-bond acceptors (Lipinski definition) is 3. The van der Waals surface area contributed by atoms with Crippen molar-refractivity contribution in [2.24, 2.45) is 0 Å². The Bertz CT molecular complexity index is 946. The number of rotatable bonds is 9. The molecule has 0 spiro atoms. The highest BCUT2D eigenvalue weighted by Gasteiger charge is 2.23. The van der Waals surface area contributed by atoms with Gasteiger partial charge in [0.1, 0.15) is 36.0 Å². The van der Waals surface area contributed by atoms with Crippen molar-refractivity contribution in [2.75, 3.05) is 12.3 Å². The second-order valence-corrected chi connectivity index (χ2v) is 7.70. The lowest BCUT2D eigenvalue weighted by Crippen LogP contribution is -3.00. The molecule has 0 amide bonds. The predicted octanol–water partition coefficient (Wildman–Crippen LogP) is 1.45. The Labute approximate surface area is 187 Å². The number of benzene rings is 2. The SMILES string of the molecule is CCCCCn1c(N)[n+](CC(O)COc2ccc(Cl)cc2Cl)c2ccccc21.[Cl-].